The molecule has 1 fully saturated rings. The highest BCUT2D eigenvalue weighted by molar-refractivity contribution is 7.85. The van der Waals surface area contributed by atoms with E-state index in [0.717, 1.165) is 24.4 Å². The van der Waals surface area contributed by atoms with Gasteiger partial charge in [-0.25, -0.2) is 4.98 Å². The van der Waals surface area contributed by atoms with Crippen LogP contribution in [0.25, 0.3) is 0 Å². The summed E-state index contributed by atoms with van der Waals surface area (Å²) in [4.78, 5) is 4.94. The number of nitrogens with one attached hydrogen (secondary N) is 1. The van der Waals surface area contributed by atoms with Gasteiger partial charge in [0.1, 0.15) is 0 Å². The molecule has 0 aromatic carbocycles. The zero-order valence-electron chi connectivity index (χ0n) is 7.94. The van der Waals surface area contributed by atoms with E-state index >= 15 is 0 Å². The molecule has 15 heavy (non-hydrogen) atoms. The van der Waals surface area contributed by atoms with Gasteiger partial charge in [-0.1, -0.05) is 11.6 Å². The van der Waals surface area contributed by atoms with Crippen LogP contribution in [0.3, 0.4) is 0 Å². The lowest BCUT2D eigenvalue weighted by molar-refractivity contribution is 0.672. The number of halogens is 2. The van der Waals surface area contributed by atoms with Crippen molar-refractivity contribution in [1.29, 1.82) is 0 Å². The topological polar surface area (TPSA) is 42.0 Å². The van der Waals surface area contributed by atoms with Crippen molar-refractivity contribution in [2.45, 2.75) is 17.4 Å². The van der Waals surface area contributed by atoms with Gasteiger partial charge in [-0.05, 0) is 13.0 Å². The van der Waals surface area contributed by atoms with Crippen LogP contribution in [0.4, 0.5) is 0 Å². The van der Waals surface area contributed by atoms with Gasteiger partial charge in [-0.15, -0.1) is 23.7 Å². The van der Waals surface area contributed by atoms with Crippen molar-refractivity contribution in [3.8, 4) is 0 Å². The maximum absolute atomic E-state index is 11.8. The van der Waals surface area contributed by atoms with Crippen LogP contribution in [0.1, 0.15) is 11.3 Å². The summed E-state index contributed by atoms with van der Waals surface area (Å²) in [6, 6.07) is 0. The Kier molecular flexibility index (Phi) is 5.49. The first-order chi connectivity index (χ1) is 6.75. The molecule has 0 saturated carbocycles. The van der Waals surface area contributed by atoms with Crippen molar-refractivity contribution in [1.82, 2.24) is 10.3 Å². The Balaban J connectivity index is 0.00000112. The monoisotopic (exact) mass is 286 g/mol. The normalized spacial score (nSPS) is 22.3. The van der Waals surface area contributed by atoms with Gasteiger partial charge in [0.25, 0.3) is 0 Å². The number of thiazole rings is 1. The first kappa shape index (κ1) is 13.4. The minimum atomic E-state index is -0.784. The van der Waals surface area contributed by atoms with Gasteiger partial charge in [-0.2, -0.15) is 0 Å². The van der Waals surface area contributed by atoms with Crippen molar-refractivity contribution in [2.75, 3.05) is 13.1 Å². The molecule has 2 heterocycles. The summed E-state index contributed by atoms with van der Waals surface area (Å²) in [7, 11) is -0.784. The smallest absolute Gasteiger partial charge is 0.183 e. The minimum Gasteiger partial charge on any atom is -0.315 e. The first-order valence-corrected chi connectivity index (χ1v) is 7.01. The molecule has 0 amide bonds. The highest BCUT2D eigenvalue weighted by Crippen LogP contribution is 2.21. The number of nitrogens with zero attached hydrogens (tertiary/aromatic N) is 1. The fourth-order valence-electron chi connectivity index (χ4n) is 1.46. The van der Waals surface area contributed by atoms with Crippen LogP contribution in [0.2, 0.25) is 4.47 Å². The molecular weight excluding hydrogens is 275 g/mol. The van der Waals surface area contributed by atoms with Gasteiger partial charge in [-0.3, -0.25) is 4.21 Å². The molecule has 1 aliphatic rings. The molecule has 1 aliphatic heterocycles. The van der Waals surface area contributed by atoms with Crippen LogP contribution < -0.4 is 5.32 Å². The Morgan fingerprint density at radius 2 is 2.53 bits per heavy atom. The van der Waals surface area contributed by atoms with Crippen LogP contribution in [-0.2, 0) is 16.6 Å². The quantitative estimate of drug-likeness (QED) is 0.922. The maximum atomic E-state index is 11.8. The van der Waals surface area contributed by atoms with Crippen molar-refractivity contribution >= 4 is 46.1 Å². The molecule has 3 nitrogen and oxygen atoms in total. The Hall–Kier alpha value is 0.320. The van der Waals surface area contributed by atoms with E-state index < -0.39 is 10.8 Å². The number of hydrogen-bond donors (Lipinski definition) is 1. The van der Waals surface area contributed by atoms with Crippen LogP contribution in [0.15, 0.2) is 6.20 Å². The molecule has 7 heteroatoms. The molecule has 2 rings (SSSR count). The molecule has 1 aromatic rings. The zero-order chi connectivity index (χ0) is 9.97. The first-order valence-electron chi connectivity index (χ1n) is 4.44. The van der Waals surface area contributed by atoms with E-state index in [1.807, 2.05) is 0 Å². The molecule has 1 N–H and O–H groups in total. The molecule has 86 valence electrons. The van der Waals surface area contributed by atoms with Crippen molar-refractivity contribution in [3.05, 3.63) is 15.5 Å². The van der Waals surface area contributed by atoms with Gasteiger partial charge in [0.2, 0.25) is 0 Å². The Bertz CT molecular complexity index is 339. The largest absolute Gasteiger partial charge is 0.315 e. The number of rotatable bonds is 3. The average molecular weight is 287 g/mol. The summed E-state index contributed by atoms with van der Waals surface area (Å²) in [5, 5.41) is 3.51. The average Bonchev–Trinajstić information content (AvgIpc) is 2.75. The van der Waals surface area contributed by atoms with Gasteiger partial charge in [0.15, 0.2) is 4.47 Å². The molecule has 2 atom stereocenters. The lowest BCUT2D eigenvalue weighted by Gasteiger charge is -2.06. The van der Waals surface area contributed by atoms with E-state index in [1.54, 1.807) is 6.20 Å². The van der Waals surface area contributed by atoms with Crippen LogP contribution in [-0.4, -0.2) is 27.5 Å². The molecule has 1 saturated heterocycles. The van der Waals surface area contributed by atoms with Crippen LogP contribution >= 0.6 is 35.3 Å². The zero-order valence-corrected chi connectivity index (χ0v) is 11.1. The summed E-state index contributed by atoms with van der Waals surface area (Å²) in [6.07, 6.45) is 2.73. The molecule has 0 radical (unpaired) electrons. The van der Waals surface area contributed by atoms with E-state index in [4.69, 9.17) is 11.6 Å². The van der Waals surface area contributed by atoms with E-state index in [2.05, 4.69) is 10.3 Å². The Labute approximate surface area is 106 Å². The van der Waals surface area contributed by atoms with E-state index in [-0.39, 0.29) is 12.4 Å². The summed E-state index contributed by atoms with van der Waals surface area (Å²) in [5.74, 6) is 0.594. The fourth-order valence-corrected chi connectivity index (χ4v) is 4.09. The molecule has 1 aromatic heterocycles. The fraction of sp³-hybridized carbons (Fsp3) is 0.625. The van der Waals surface area contributed by atoms with E-state index in [0.29, 0.717) is 15.5 Å². The second-order valence-corrected chi connectivity index (χ2v) is 6.63. The highest BCUT2D eigenvalue weighted by Gasteiger charge is 2.21. The second kappa shape index (κ2) is 6.15. The van der Waals surface area contributed by atoms with Gasteiger partial charge < -0.3 is 5.32 Å². The molecule has 0 spiro atoms. The van der Waals surface area contributed by atoms with Gasteiger partial charge >= 0.3 is 0 Å². The Morgan fingerprint density at radius 3 is 3.07 bits per heavy atom. The minimum absolute atomic E-state index is 0. The van der Waals surface area contributed by atoms with Crippen LogP contribution in [0, 0.1) is 0 Å². The summed E-state index contributed by atoms with van der Waals surface area (Å²) in [6.45, 7) is 1.86. The third-order valence-corrected chi connectivity index (χ3v) is 5.24. The SMILES string of the molecule is Cl.O=S(Cc1cnc(Cl)s1)C1CCNC1. The van der Waals surface area contributed by atoms with Crippen LogP contribution in [0.5, 0.6) is 0 Å². The predicted molar refractivity (Wildman–Crippen MR) is 67.5 cm³/mol. The molecular formula is C8H12Cl2N2OS2. The third-order valence-electron chi connectivity index (χ3n) is 2.20. The van der Waals surface area contributed by atoms with Gasteiger partial charge in [0, 0.05) is 33.7 Å². The third kappa shape index (κ3) is 3.67. The molecule has 0 aliphatic carbocycles. The van der Waals surface area contributed by atoms with Crippen molar-refractivity contribution < 1.29 is 4.21 Å². The maximum Gasteiger partial charge on any atom is 0.183 e. The summed E-state index contributed by atoms with van der Waals surface area (Å²) >= 11 is 7.12. The summed E-state index contributed by atoms with van der Waals surface area (Å²) < 4.78 is 12.4. The Morgan fingerprint density at radius 1 is 1.73 bits per heavy atom. The number of hydrogen-bond acceptors (Lipinski definition) is 4. The van der Waals surface area contributed by atoms with E-state index in [1.165, 1.54) is 11.3 Å². The highest BCUT2D eigenvalue weighted by atomic mass is 35.5. The standard InChI is InChI=1S/C8H11ClN2OS2.ClH/c9-8-11-3-6(13-8)5-14(12)7-1-2-10-4-7;/h3,7,10H,1-2,4-5H2;1H. The second-order valence-electron chi connectivity index (χ2n) is 3.22. The number of aromatic nitrogens is 1. The lowest BCUT2D eigenvalue weighted by atomic mass is 10.4. The lowest BCUT2D eigenvalue weighted by Crippen LogP contribution is -2.19. The summed E-state index contributed by atoms with van der Waals surface area (Å²) in [5.41, 5.74) is 0. The van der Waals surface area contributed by atoms with E-state index in [9.17, 15) is 4.21 Å². The molecule has 0 bridgehead atoms. The van der Waals surface area contributed by atoms with Crippen molar-refractivity contribution in [2.24, 2.45) is 0 Å². The predicted octanol–water partition coefficient (Wildman–Crippen LogP) is 1.83. The molecule has 2 unspecified atom stereocenters. The van der Waals surface area contributed by atoms with Gasteiger partial charge in [0.05, 0.1) is 5.75 Å². The van der Waals surface area contributed by atoms with Crippen molar-refractivity contribution in [3.63, 3.8) is 0 Å².